The average Bonchev–Trinajstić information content (AvgIpc) is 3.83. The Bertz CT molecular complexity index is 1750. The Hall–Kier alpha value is -4.95. The van der Waals surface area contributed by atoms with Crippen LogP contribution in [0.15, 0.2) is 82.7 Å². The zero-order valence-corrected chi connectivity index (χ0v) is 31.7. The fourth-order valence-electron chi connectivity index (χ4n) is 5.29. The summed E-state index contributed by atoms with van der Waals surface area (Å²) >= 11 is 2.95. The number of hydrogen-bond donors (Lipinski definition) is 3. The lowest BCUT2D eigenvalue weighted by Gasteiger charge is -2.26. The SMILES string of the molecule is CC(=O)NCCC(NC(=O)N(C)Cc1csc(C(C)C)n1)C(=O)NC(CCC(Cc1ccccc1)=NC(=O)OCc1cncs1)Cc1ccccc1. The van der Waals surface area contributed by atoms with Crippen LogP contribution < -0.4 is 16.0 Å². The molecular weight excluding hydrogens is 699 g/mol. The lowest BCUT2D eigenvalue weighted by molar-refractivity contribution is -0.124. The van der Waals surface area contributed by atoms with E-state index in [9.17, 15) is 19.2 Å². The first-order valence-corrected chi connectivity index (χ1v) is 19.0. The maximum absolute atomic E-state index is 13.9. The molecule has 52 heavy (non-hydrogen) atoms. The third-order valence-corrected chi connectivity index (χ3v) is 9.95. The van der Waals surface area contributed by atoms with Crippen LogP contribution in [-0.2, 0) is 40.3 Å². The Kier molecular flexibility index (Phi) is 15.9. The number of nitrogens with zero attached hydrogens (tertiary/aromatic N) is 4. The number of benzene rings is 2. The third-order valence-electron chi connectivity index (χ3n) is 8.00. The molecule has 0 aliphatic carbocycles. The lowest BCUT2D eigenvalue weighted by atomic mass is 9.97. The van der Waals surface area contributed by atoms with Gasteiger partial charge in [0.25, 0.3) is 0 Å². The molecule has 4 rings (SSSR count). The van der Waals surface area contributed by atoms with Crippen molar-refractivity contribution in [2.24, 2.45) is 4.99 Å². The number of carbonyl (C=O) groups excluding carboxylic acids is 4. The van der Waals surface area contributed by atoms with Crippen molar-refractivity contribution in [2.75, 3.05) is 13.6 Å². The smallest absolute Gasteiger partial charge is 0.433 e. The first-order chi connectivity index (χ1) is 25.0. The lowest BCUT2D eigenvalue weighted by Crippen LogP contribution is -2.53. The third kappa shape index (κ3) is 14.0. The first kappa shape index (κ1) is 39.8. The van der Waals surface area contributed by atoms with E-state index in [1.165, 1.54) is 23.2 Å². The summed E-state index contributed by atoms with van der Waals surface area (Å²) in [6.07, 6.45) is 2.95. The predicted octanol–water partition coefficient (Wildman–Crippen LogP) is 6.29. The normalized spacial score (nSPS) is 12.5. The highest BCUT2D eigenvalue weighted by Gasteiger charge is 2.26. The molecule has 4 aromatic rings. The summed E-state index contributed by atoms with van der Waals surface area (Å²) in [6.45, 7) is 6.10. The van der Waals surface area contributed by atoms with Gasteiger partial charge in [-0.25, -0.2) is 14.6 Å². The molecule has 2 unspecified atom stereocenters. The number of aliphatic imine (C=N–C) groups is 1. The van der Waals surface area contributed by atoms with Crippen LogP contribution in [0.25, 0.3) is 0 Å². The predicted molar refractivity (Wildman–Crippen MR) is 204 cm³/mol. The van der Waals surface area contributed by atoms with Crippen molar-refractivity contribution in [1.82, 2.24) is 30.8 Å². The summed E-state index contributed by atoms with van der Waals surface area (Å²) in [5.41, 5.74) is 5.07. The van der Waals surface area contributed by atoms with Crippen molar-refractivity contribution in [2.45, 2.75) is 84.0 Å². The molecule has 3 N–H and O–H groups in total. The molecule has 2 aromatic heterocycles. The van der Waals surface area contributed by atoms with Crippen LogP contribution >= 0.6 is 22.7 Å². The van der Waals surface area contributed by atoms with Gasteiger partial charge in [0.15, 0.2) is 0 Å². The van der Waals surface area contributed by atoms with E-state index in [0.717, 1.165) is 26.7 Å². The summed E-state index contributed by atoms with van der Waals surface area (Å²) in [5.74, 6) is -0.327. The fourth-order valence-corrected chi connectivity index (χ4v) is 6.62. The van der Waals surface area contributed by atoms with Gasteiger partial charge in [-0.05, 0) is 36.8 Å². The maximum atomic E-state index is 13.9. The zero-order chi connectivity index (χ0) is 37.3. The highest BCUT2D eigenvalue weighted by molar-refractivity contribution is 7.09. The van der Waals surface area contributed by atoms with Gasteiger partial charge in [-0.3, -0.25) is 14.6 Å². The Morgan fingerprint density at radius 3 is 2.29 bits per heavy atom. The van der Waals surface area contributed by atoms with E-state index in [-0.39, 0.29) is 49.9 Å². The van der Waals surface area contributed by atoms with Gasteiger partial charge >= 0.3 is 12.1 Å². The average molecular weight is 746 g/mol. The Morgan fingerprint density at radius 2 is 1.65 bits per heavy atom. The Labute approximate surface area is 313 Å². The van der Waals surface area contributed by atoms with Crippen molar-refractivity contribution >= 4 is 52.3 Å². The number of hydrogen-bond acceptors (Lipinski definition) is 9. The van der Waals surface area contributed by atoms with Crippen LogP contribution in [0.3, 0.4) is 0 Å². The molecule has 12 nitrogen and oxygen atoms in total. The molecular formula is C38H47N7O5S2. The molecule has 0 saturated carbocycles. The molecule has 0 aliphatic rings. The summed E-state index contributed by atoms with van der Waals surface area (Å²) in [6, 6.07) is 17.8. The highest BCUT2D eigenvalue weighted by Crippen LogP contribution is 2.20. The van der Waals surface area contributed by atoms with Crippen LogP contribution in [-0.4, -0.2) is 70.2 Å². The summed E-state index contributed by atoms with van der Waals surface area (Å²) in [5, 5.41) is 11.7. The minimum Gasteiger partial charge on any atom is -0.442 e. The van der Waals surface area contributed by atoms with Gasteiger partial charge in [0.05, 0.1) is 27.6 Å². The summed E-state index contributed by atoms with van der Waals surface area (Å²) in [4.78, 5) is 67.1. The minimum absolute atomic E-state index is 0.0852. The molecule has 2 aromatic carbocycles. The minimum atomic E-state index is -0.930. The van der Waals surface area contributed by atoms with Crippen LogP contribution in [0, 0.1) is 0 Å². The largest absolute Gasteiger partial charge is 0.442 e. The molecule has 0 radical (unpaired) electrons. The second-order valence-electron chi connectivity index (χ2n) is 12.8. The zero-order valence-electron chi connectivity index (χ0n) is 30.0. The van der Waals surface area contributed by atoms with Crippen molar-refractivity contribution in [3.8, 4) is 0 Å². The van der Waals surface area contributed by atoms with E-state index >= 15 is 0 Å². The van der Waals surface area contributed by atoms with Crippen LogP contribution in [0.4, 0.5) is 9.59 Å². The quantitative estimate of drug-likeness (QED) is 0.101. The number of ether oxygens (including phenoxy) is 1. The van der Waals surface area contributed by atoms with E-state index in [2.05, 4.69) is 44.8 Å². The van der Waals surface area contributed by atoms with Gasteiger partial charge in [0.2, 0.25) is 11.8 Å². The number of urea groups is 1. The molecule has 0 bridgehead atoms. The van der Waals surface area contributed by atoms with Crippen molar-refractivity contribution < 1.29 is 23.9 Å². The number of thiazole rings is 2. The number of nitrogens with one attached hydrogen (secondary N) is 3. The Balaban J connectivity index is 1.49. The van der Waals surface area contributed by atoms with E-state index in [1.54, 1.807) is 30.1 Å². The van der Waals surface area contributed by atoms with Crippen LogP contribution in [0.2, 0.25) is 0 Å². The van der Waals surface area contributed by atoms with Crippen molar-refractivity contribution in [1.29, 1.82) is 0 Å². The highest BCUT2D eigenvalue weighted by atomic mass is 32.1. The summed E-state index contributed by atoms with van der Waals surface area (Å²) in [7, 11) is 1.65. The van der Waals surface area contributed by atoms with Crippen molar-refractivity contribution in [3.05, 3.63) is 104 Å². The monoisotopic (exact) mass is 745 g/mol. The number of aromatic nitrogens is 2. The Morgan fingerprint density at radius 1 is 0.942 bits per heavy atom. The van der Waals surface area contributed by atoms with Gasteiger partial charge in [-0.15, -0.1) is 22.7 Å². The van der Waals surface area contributed by atoms with E-state index in [4.69, 9.17) is 4.74 Å². The molecule has 0 spiro atoms. The molecule has 0 fully saturated rings. The molecule has 5 amide bonds. The van der Waals surface area contributed by atoms with Gasteiger partial charge < -0.3 is 25.6 Å². The molecule has 0 aliphatic heterocycles. The second kappa shape index (κ2) is 20.8. The standard InChI is InChI=1S/C38H47N7O5S2/c1-26(2)36-42-32(24-51-36)22-45(4)37(48)44-34(17-18-40-27(3)46)35(47)41-30(19-28-11-7-5-8-12-28)15-16-31(20-29-13-9-6-10-14-29)43-38(49)50-23-33-21-39-25-52-33/h5-14,21,24-26,30,34H,15-20,22-23H2,1-4H3,(H,40,46)(H,41,47)(H,44,48). The molecule has 2 heterocycles. The maximum Gasteiger partial charge on any atom is 0.433 e. The van der Waals surface area contributed by atoms with E-state index in [1.807, 2.05) is 66.0 Å². The second-order valence-corrected chi connectivity index (χ2v) is 14.6. The molecule has 276 valence electrons. The summed E-state index contributed by atoms with van der Waals surface area (Å²) < 4.78 is 5.41. The molecule has 14 heteroatoms. The molecule has 0 saturated heterocycles. The van der Waals surface area contributed by atoms with Gasteiger partial charge in [-0.2, -0.15) is 4.99 Å². The number of amides is 5. The van der Waals surface area contributed by atoms with Crippen molar-refractivity contribution in [3.63, 3.8) is 0 Å². The molecule has 2 atom stereocenters. The fraction of sp³-hybridized carbons (Fsp3) is 0.395. The van der Waals surface area contributed by atoms with Crippen LogP contribution in [0.1, 0.15) is 72.7 Å². The topological polar surface area (TPSA) is 155 Å². The number of carbonyl (C=O) groups is 4. The van der Waals surface area contributed by atoms with Gasteiger partial charge in [0, 0.05) is 56.2 Å². The van der Waals surface area contributed by atoms with E-state index < -0.39 is 18.2 Å². The van der Waals surface area contributed by atoms with Gasteiger partial charge in [-0.1, -0.05) is 74.5 Å². The van der Waals surface area contributed by atoms with Gasteiger partial charge in [0.1, 0.15) is 12.6 Å². The van der Waals surface area contributed by atoms with E-state index in [0.29, 0.717) is 31.4 Å². The number of rotatable bonds is 18. The van der Waals surface area contributed by atoms with Crippen LogP contribution in [0.5, 0.6) is 0 Å². The first-order valence-electron chi connectivity index (χ1n) is 17.2.